The van der Waals surface area contributed by atoms with Crippen LogP contribution in [0.4, 0.5) is 5.69 Å². The molecule has 2 nitrogen and oxygen atoms in total. The maximum absolute atomic E-state index is 4.56. The van der Waals surface area contributed by atoms with Gasteiger partial charge in [0.25, 0.3) is 0 Å². The average Bonchev–Trinajstić information content (AvgIpc) is 2.73. The molecule has 92 valence electrons. The van der Waals surface area contributed by atoms with Crippen LogP contribution in [0.15, 0.2) is 27.7 Å². The minimum atomic E-state index is 0.616. The SMILES string of the molecule is Cc1c(Br)cccc1NC1=NCC(C(C)C)S1. The Bertz CT molecular complexity index is 443. The molecule has 17 heavy (non-hydrogen) atoms. The van der Waals surface area contributed by atoms with E-state index in [0.29, 0.717) is 11.2 Å². The average molecular weight is 313 g/mol. The molecule has 1 aromatic rings. The predicted octanol–water partition coefficient (Wildman–Crippen LogP) is 4.30. The zero-order valence-corrected chi connectivity index (χ0v) is 12.7. The van der Waals surface area contributed by atoms with Gasteiger partial charge in [0.1, 0.15) is 0 Å². The summed E-state index contributed by atoms with van der Waals surface area (Å²) in [6, 6.07) is 6.19. The van der Waals surface area contributed by atoms with Crippen molar-refractivity contribution in [2.24, 2.45) is 10.9 Å². The molecule has 0 fully saturated rings. The van der Waals surface area contributed by atoms with Crippen LogP contribution in [0.2, 0.25) is 0 Å². The molecule has 0 spiro atoms. The molecule has 1 N–H and O–H groups in total. The highest BCUT2D eigenvalue weighted by atomic mass is 79.9. The van der Waals surface area contributed by atoms with Gasteiger partial charge in [0.05, 0.1) is 6.54 Å². The maximum atomic E-state index is 4.56. The predicted molar refractivity (Wildman–Crippen MR) is 81.0 cm³/mol. The van der Waals surface area contributed by atoms with E-state index in [9.17, 15) is 0 Å². The highest BCUT2D eigenvalue weighted by Gasteiger charge is 2.22. The molecule has 1 unspecified atom stereocenters. The van der Waals surface area contributed by atoms with Gasteiger partial charge in [0.15, 0.2) is 5.17 Å². The van der Waals surface area contributed by atoms with Crippen LogP contribution in [0.1, 0.15) is 19.4 Å². The molecule has 1 heterocycles. The minimum absolute atomic E-state index is 0.616. The molecular formula is C13H17BrN2S. The van der Waals surface area contributed by atoms with Crippen molar-refractivity contribution in [2.75, 3.05) is 11.9 Å². The Kier molecular flexibility index (Phi) is 4.15. The summed E-state index contributed by atoms with van der Waals surface area (Å²) in [5, 5.41) is 5.08. The number of anilines is 1. The summed E-state index contributed by atoms with van der Waals surface area (Å²) in [5.74, 6) is 0.673. The van der Waals surface area contributed by atoms with Gasteiger partial charge in [-0.15, -0.1) is 0 Å². The van der Waals surface area contributed by atoms with Gasteiger partial charge in [0, 0.05) is 15.4 Å². The standard InChI is InChI=1S/C13H17BrN2S/c1-8(2)12-7-15-13(17-12)16-11-6-4-5-10(14)9(11)3/h4-6,8,12H,7H2,1-3H3,(H,15,16). The molecule has 1 aromatic carbocycles. The van der Waals surface area contributed by atoms with Crippen molar-refractivity contribution in [3.05, 3.63) is 28.2 Å². The number of hydrogen-bond donors (Lipinski definition) is 1. The van der Waals surface area contributed by atoms with Gasteiger partial charge in [-0.1, -0.05) is 47.6 Å². The van der Waals surface area contributed by atoms with Gasteiger partial charge < -0.3 is 5.32 Å². The van der Waals surface area contributed by atoms with Crippen LogP contribution in [0.25, 0.3) is 0 Å². The van der Waals surface area contributed by atoms with Crippen molar-refractivity contribution in [2.45, 2.75) is 26.0 Å². The second-order valence-corrected chi connectivity index (χ2v) is 6.67. The number of benzene rings is 1. The summed E-state index contributed by atoms with van der Waals surface area (Å²) in [7, 11) is 0. The van der Waals surface area contributed by atoms with Crippen LogP contribution < -0.4 is 5.32 Å². The van der Waals surface area contributed by atoms with Gasteiger partial charge in [-0.25, -0.2) is 0 Å². The highest BCUT2D eigenvalue weighted by Crippen LogP contribution is 2.30. The van der Waals surface area contributed by atoms with E-state index in [1.54, 1.807) is 0 Å². The van der Waals surface area contributed by atoms with Crippen LogP contribution >= 0.6 is 27.7 Å². The molecule has 0 aromatic heterocycles. The van der Waals surface area contributed by atoms with Crippen molar-refractivity contribution in [1.82, 2.24) is 0 Å². The highest BCUT2D eigenvalue weighted by molar-refractivity contribution is 9.10. The lowest BCUT2D eigenvalue weighted by atomic mass is 10.1. The van der Waals surface area contributed by atoms with Crippen molar-refractivity contribution < 1.29 is 0 Å². The number of nitrogens with one attached hydrogen (secondary N) is 1. The van der Waals surface area contributed by atoms with Crippen molar-refractivity contribution in [1.29, 1.82) is 0 Å². The van der Waals surface area contributed by atoms with E-state index in [2.05, 4.69) is 59.1 Å². The summed E-state index contributed by atoms with van der Waals surface area (Å²) in [4.78, 5) is 4.56. The maximum Gasteiger partial charge on any atom is 0.161 e. The molecular weight excluding hydrogens is 296 g/mol. The first-order valence-corrected chi connectivity index (χ1v) is 7.48. The van der Waals surface area contributed by atoms with Crippen LogP contribution in [0.5, 0.6) is 0 Å². The topological polar surface area (TPSA) is 24.4 Å². The lowest BCUT2D eigenvalue weighted by Gasteiger charge is -2.13. The molecule has 1 aliphatic rings. The lowest BCUT2D eigenvalue weighted by molar-refractivity contribution is 0.621. The molecule has 0 saturated carbocycles. The van der Waals surface area contributed by atoms with Crippen LogP contribution in [-0.2, 0) is 0 Å². The Morgan fingerprint density at radius 2 is 2.24 bits per heavy atom. The third-order valence-electron chi connectivity index (χ3n) is 2.93. The molecule has 1 atom stereocenters. The summed E-state index contributed by atoms with van der Waals surface area (Å²) < 4.78 is 1.13. The summed E-state index contributed by atoms with van der Waals surface area (Å²) in [6.45, 7) is 7.53. The number of amidine groups is 1. The first-order chi connectivity index (χ1) is 8.08. The minimum Gasteiger partial charge on any atom is -0.335 e. The smallest absolute Gasteiger partial charge is 0.161 e. The summed E-state index contributed by atoms with van der Waals surface area (Å²) >= 11 is 5.40. The molecule has 0 amide bonds. The molecule has 2 rings (SSSR count). The number of rotatable bonds is 2. The van der Waals surface area contributed by atoms with Crippen LogP contribution in [-0.4, -0.2) is 17.0 Å². The van der Waals surface area contributed by atoms with E-state index in [1.165, 1.54) is 5.56 Å². The Morgan fingerprint density at radius 1 is 1.47 bits per heavy atom. The normalized spacial score (nSPS) is 19.6. The first kappa shape index (κ1) is 13.0. The summed E-state index contributed by atoms with van der Waals surface area (Å²) in [5.41, 5.74) is 2.36. The second kappa shape index (κ2) is 5.44. The third kappa shape index (κ3) is 3.05. The van der Waals surface area contributed by atoms with Gasteiger partial charge in [-0.05, 0) is 30.5 Å². The fourth-order valence-electron chi connectivity index (χ4n) is 1.66. The van der Waals surface area contributed by atoms with E-state index < -0.39 is 0 Å². The van der Waals surface area contributed by atoms with Crippen LogP contribution in [0.3, 0.4) is 0 Å². The Balaban J connectivity index is 2.06. The number of thioether (sulfide) groups is 1. The number of halogens is 1. The van der Waals surface area contributed by atoms with Gasteiger partial charge >= 0.3 is 0 Å². The van der Waals surface area contributed by atoms with E-state index >= 15 is 0 Å². The quantitative estimate of drug-likeness (QED) is 0.880. The Labute approximate surface area is 115 Å². The van der Waals surface area contributed by atoms with E-state index in [4.69, 9.17) is 0 Å². The molecule has 0 saturated heterocycles. The zero-order chi connectivity index (χ0) is 12.4. The zero-order valence-electron chi connectivity index (χ0n) is 10.3. The molecule has 0 bridgehead atoms. The van der Waals surface area contributed by atoms with Gasteiger partial charge in [-0.3, -0.25) is 4.99 Å². The number of hydrogen-bond acceptors (Lipinski definition) is 3. The summed E-state index contributed by atoms with van der Waals surface area (Å²) in [6.07, 6.45) is 0. The van der Waals surface area contributed by atoms with Crippen molar-refractivity contribution >= 4 is 38.5 Å². The molecule has 4 heteroatoms. The van der Waals surface area contributed by atoms with Gasteiger partial charge in [0.2, 0.25) is 0 Å². The van der Waals surface area contributed by atoms with E-state index in [0.717, 1.165) is 21.9 Å². The fourth-order valence-corrected chi connectivity index (χ4v) is 3.06. The lowest BCUT2D eigenvalue weighted by Crippen LogP contribution is -2.13. The molecule has 0 aliphatic carbocycles. The van der Waals surface area contributed by atoms with Crippen molar-refractivity contribution in [3.63, 3.8) is 0 Å². The Morgan fingerprint density at radius 3 is 2.88 bits per heavy atom. The van der Waals surface area contributed by atoms with E-state index in [-0.39, 0.29) is 0 Å². The van der Waals surface area contributed by atoms with Crippen molar-refractivity contribution in [3.8, 4) is 0 Å². The monoisotopic (exact) mass is 312 g/mol. The molecule has 0 radical (unpaired) electrons. The van der Waals surface area contributed by atoms with Crippen LogP contribution in [0, 0.1) is 12.8 Å². The largest absolute Gasteiger partial charge is 0.335 e. The number of nitrogens with zero attached hydrogens (tertiary/aromatic N) is 1. The van der Waals surface area contributed by atoms with E-state index in [1.807, 2.05) is 17.8 Å². The number of aliphatic imine (C=N–C) groups is 1. The fraction of sp³-hybridized carbons (Fsp3) is 0.462. The first-order valence-electron chi connectivity index (χ1n) is 5.81. The van der Waals surface area contributed by atoms with Gasteiger partial charge in [-0.2, -0.15) is 0 Å². The molecule has 1 aliphatic heterocycles. The third-order valence-corrected chi connectivity index (χ3v) is 5.24. The second-order valence-electron chi connectivity index (χ2n) is 4.58. The Hall–Kier alpha value is -0.480.